The van der Waals surface area contributed by atoms with Gasteiger partial charge in [-0.1, -0.05) is 23.4 Å². The highest BCUT2D eigenvalue weighted by molar-refractivity contribution is 5.93. The first-order chi connectivity index (χ1) is 10.7. The molecular weight excluding hydrogens is 282 g/mol. The van der Waals surface area contributed by atoms with Gasteiger partial charge in [0.2, 0.25) is 5.82 Å². The lowest BCUT2D eigenvalue weighted by atomic mass is 10.2. The lowest BCUT2D eigenvalue weighted by molar-refractivity contribution is 0.0877. The summed E-state index contributed by atoms with van der Waals surface area (Å²) in [4.78, 5) is 20.1. The minimum Gasteiger partial charge on any atom is -0.485 e. The normalized spacial score (nSPS) is 10.4. The molecule has 0 aliphatic heterocycles. The molecule has 0 amide bonds. The summed E-state index contributed by atoms with van der Waals surface area (Å²) in [5.74, 6) is 0.432. The van der Waals surface area contributed by atoms with Crippen molar-refractivity contribution in [2.45, 2.75) is 6.92 Å². The Morgan fingerprint density at radius 2 is 2.14 bits per heavy atom. The first kappa shape index (κ1) is 13.9. The number of nitrogens with zero attached hydrogens (tertiary/aromatic N) is 3. The molecule has 6 nitrogen and oxygen atoms in total. The molecule has 0 fully saturated rings. The monoisotopic (exact) mass is 295 g/mol. The number of hydrogen-bond acceptors (Lipinski definition) is 6. The SMILES string of the molecule is Cc1cccc(OCC(=O)c2nc(-c3ccccn3)no2)c1. The van der Waals surface area contributed by atoms with Gasteiger partial charge in [0.05, 0.1) is 0 Å². The van der Waals surface area contributed by atoms with E-state index in [0.29, 0.717) is 11.4 Å². The van der Waals surface area contributed by atoms with Crippen LogP contribution in [0.3, 0.4) is 0 Å². The Morgan fingerprint density at radius 1 is 1.23 bits per heavy atom. The fourth-order valence-corrected chi connectivity index (χ4v) is 1.85. The zero-order chi connectivity index (χ0) is 15.4. The highest BCUT2D eigenvalue weighted by atomic mass is 16.5. The topological polar surface area (TPSA) is 78.1 Å². The molecule has 0 unspecified atom stereocenters. The molecule has 2 heterocycles. The number of benzene rings is 1. The summed E-state index contributed by atoms with van der Waals surface area (Å²) in [6.07, 6.45) is 1.62. The van der Waals surface area contributed by atoms with Gasteiger partial charge in [0.25, 0.3) is 11.7 Å². The summed E-state index contributed by atoms with van der Waals surface area (Å²) < 4.78 is 10.4. The number of ether oxygens (including phenoxy) is 1. The van der Waals surface area contributed by atoms with E-state index in [2.05, 4.69) is 15.1 Å². The summed E-state index contributed by atoms with van der Waals surface area (Å²) in [6.45, 7) is 1.79. The second-order valence-corrected chi connectivity index (χ2v) is 4.67. The third kappa shape index (κ3) is 3.17. The standard InChI is InChI=1S/C16H13N3O3/c1-11-5-4-6-12(9-11)21-10-14(20)16-18-15(19-22-16)13-7-2-3-8-17-13/h2-9H,10H2,1H3. The molecule has 0 radical (unpaired) electrons. The third-order valence-electron chi connectivity index (χ3n) is 2.92. The summed E-state index contributed by atoms with van der Waals surface area (Å²) in [5, 5.41) is 3.75. The molecule has 0 saturated heterocycles. The molecule has 0 atom stereocenters. The predicted molar refractivity (Wildman–Crippen MR) is 78.5 cm³/mol. The molecule has 3 aromatic rings. The number of hydrogen-bond donors (Lipinski definition) is 0. The van der Waals surface area contributed by atoms with Crippen LogP contribution in [-0.4, -0.2) is 27.5 Å². The van der Waals surface area contributed by atoms with Gasteiger partial charge >= 0.3 is 0 Å². The van der Waals surface area contributed by atoms with E-state index in [9.17, 15) is 4.79 Å². The van der Waals surface area contributed by atoms with E-state index in [1.165, 1.54) is 0 Å². The molecule has 0 aliphatic carbocycles. The van der Waals surface area contributed by atoms with E-state index in [-0.39, 0.29) is 24.1 Å². The average Bonchev–Trinajstić information content (AvgIpc) is 3.04. The first-order valence-electron chi connectivity index (χ1n) is 6.70. The quantitative estimate of drug-likeness (QED) is 0.673. The Bertz CT molecular complexity index is 784. The summed E-state index contributed by atoms with van der Waals surface area (Å²) in [7, 11) is 0. The number of aromatic nitrogens is 3. The smallest absolute Gasteiger partial charge is 0.298 e. The van der Waals surface area contributed by atoms with E-state index >= 15 is 0 Å². The molecule has 6 heteroatoms. The van der Waals surface area contributed by atoms with Crippen molar-refractivity contribution >= 4 is 5.78 Å². The number of carbonyl (C=O) groups is 1. The van der Waals surface area contributed by atoms with Crippen molar-refractivity contribution in [1.82, 2.24) is 15.1 Å². The maximum absolute atomic E-state index is 12.0. The Kier molecular flexibility index (Phi) is 3.91. The summed E-state index contributed by atoms with van der Waals surface area (Å²) in [5.41, 5.74) is 1.60. The lowest BCUT2D eigenvalue weighted by Crippen LogP contribution is -2.12. The number of aryl methyl sites for hydroxylation is 1. The maximum Gasteiger partial charge on any atom is 0.298 e. The molecule has 110 valence electrons. The van der Waals surface area contributed by atoms with Crippen LogP contribution in [0.4, 0.5) is 0 Å². The Balaban J connectivity index is 1.67. The molecule has 1 aromatic carbocycles. The van der Waals surface area contributed by atoms with Crippen molar-refractivity contribution in [1.29, 1.82) is 0 Å². The minimum absolute atomic E-state index is 0.0895. The van der Waals surface area contributed by atoms with Crippen LogP contribution in [0.1, 0.15) is 16.2 Å². The minimum atomic E-state index is -0.379. The molecule has 22 heavy (non-hydrogen) atoms. The Hall–Kier alpha value is -3.02. The van der Waals surface area contributed by atoms with E-state index in [1.54, 1.807) is 30.5 Å². The molecule has 0 aliphatic rings. The van der Waals surface area contributed by atoms with Crippen LogP contribution in [0.2, 0.25) is 0 Å². The number of carbonyl (C=O) groups excluding carboxylic acids is 1. The molecule has 3 rings (SSSR count). The van der Waals surface area contributed by atoms with Crippen LogP contribution >= 0.6 is 0 Å². The second-order valence-electron chi connectivity index (χ2n) is 4.67. The molecular formula is C16H13N3O3. The maximum atomic E-state index is 12.0. The van der Waals surface area contributed by atoms with Crippen LogP contribution in [0.15, 0.2) is 53.2 Å². The van der Waals surface area contributed by atoms with Crippen molar-refractivity contribution in [2.75, 3.05) is 6.61 Å². The van der Waals surface area contributed by atoms with Crippen molar-refractivity contribution in [3.05, 3.63) is 60.1 Å². The molecule has 0 spiro atoms. The van der Waals surface area contributed by atoms with Crippen molar-refractivity contribution in [2.24, 2.45) is 0 Å². The van der Waals surface area contributed by atoms with Crippen molar-refractivity contribution < 1.29 is 14.1 Å². The van der Waals surface area contributed by atoms with Gasteiger partial charge in [-0.25, -0.2) is 0 Å². The predicted octanol–water partition coefficient (Wildman–Crippen LogP) is 2.70. The third-order valence-corrected chi connectivity index (χ3v) is 2.92. The van der Waals surface area contributed by atoms with Crippen molar-refractivity contribution in [3.8, 4) is 17.3 Å². The first-order valence-corrected chi connectivity index (χ1v) is 6.70. The van der Waals surface area contributed by atoms with Gasteiger partial charge in [0, 0.05) is 6.20 Å². The van der Waals surface area contributed by atoms with Crippen LogP contribution < -0.4 is 4.74 Å². The second kappa shape index (κ2) is 6.17. The van der Waals surface area contributed by atoms with E-state index in [1.807, 2.05) is 25.1 Å². The zero-order valence-electron chi connectivity index (χ0n) is 11.9. The van der Waals surface area contributed by atoms with Gasteiger partial charge in [-0.2, -0.15) is 4.98 Å². The fourth-order valence-electron chi connectivity index (χ4n) is 1.85. The molecule has 0 saturated carbocycles. The number of ketones is 1. The highest BCUT2D eigenvalue weighted by Gasteiger charge is 2.17. The Labute approximate surface area is 126 Å². The largest absolute Gasteiger partial charge is 0.485 e. The van der Waals surface area contributed by atoms with Gasteiger partial charge in [-0.05, 0) is 36.8 Å². The molecule has 0 bridgehead atoms. The number of Topliss-reactive ketones (excluding diaryl/α,β-unsaturated/α-hetero) is 1. The summed E-state index contributed by atoms with van der Waals surface area (Å²) in [6, 6.07) is 12.8. The van der Waals surface area contributed by atoms with E-state index in [0.717, 1.165) is 5.56 Å². The Morgan fingerprint density at radius 3 is 2.91 bits per heavy atom. The number of pyridine rings is 1. The van der Waals surface area contributed by atoms with Gasteiger partial charge in [-0.3, -0.25) is 9.78 Å². The van der Waals surface area contributed by atoms with Crippen LogP contribution in [0, 0.1) is 6.92 Å². The van der Waals surface area contributed by atoms with Gasteiger partial charge in [0.15, 0.2) is 6.61 Å². The van der Waals surface area contributed by atoms with E-state index < -0.39 is 0 Å². The summed E-state index contributed by atoms with van der Waals surface area (Å²) >= 11 is 0. The van der Waals surface area contributed by atoms with Gasteiger partial charge in [0.1, 0.15) is 11.4 Å². The van der Waals surface area contributed by atoms with Crippen LogP contribution in [0.5, 0.6) is 5.75 Å². The van der Waals surface area contributed by atoms with E-state index in [4.69, 9.17) is 9.26 Å². The lowest BCUT2D eigenvalue weighted by Gasteiger charge is -2.03. The highest BCUT2D eigenvalue weighted by Crippen LogP contribution is 2.14. The fraction of sp³-hybridized carbons (Fsp3) is 0.125. The zero-order valence-corrected chi connectivity index (χ0v) is 11.9. The van der Waals surface area contributed by atoms with Crippen molar-refractivity contribution in [3.63, 3.8) is 0 Å². The van der Waals surface area contributed by atoms with Gasteiger partial charge in [-0.15, -0.1) is 0 Å². The number of rotatable bonds is 5. The molecule has 2 aromatic heterocycles. The average molecular weight is 295 g/mol. The van der Waals surface area contributed by atoms with Crippen LogP contribution in [-0.2, 0) is 0 Å². The van der Waals surface area contributed by atoms with Crippen LogP contribution in [0.25, 0.3) is 11.5 Å². The van der Waals surface area contributed by atoms with Gasteiger partial charge < -0.3 is 9.26 Å². The molecule has 0 N–H and O–H groups in total.